The Labute approximate surface area is 95.5 Å². The summed E-state index contributed by atoms with van der Waals surface area (Å²) in [6.45, 7) is 13.6. The molecule has 0 bridgehead atoms. The first kappa shape index (κ1) is 14.9. The number of hydrogen-bond donors (Lipinski definition) is 2. The smallest absolute Gasteiger partial charge is 0.0659 e. The zero-order chi connectivity index (χ0) is 12.1. The third-order valence-electron chi connectivity index (χ3n) is 3.15. The molecule has 0 amide bonds. The van der Waals surface area contributed by atoms with Gasteiger partial charge in [-0.25, -0.2) is 0 Å². The lowest BCUT2D eigenvalue weighted by molar-refractivity contribution is -0.0126. The molecule has 1 atom stereocenters. The van der Waals surface area contributed by atoms with E-state index in [2.05, 4.69) is 39.9 Å². The van der Waals surface area contributed by atoms with Crippen LogP contribution < -0.4 is 5.32 Å². The molecule has 0 fully saturated rings. The predicted octanol–water partition coefficient (Wildman–Crippen LogP) is 2.95. The fraction of sp³-hybridized carbons (Fsp3) is 1.00. The topological polar surface area (TPSA) is 32.3 Å². The Morgan fingerprint density at radius 2 is 1.53 bits per heavy atom. The lowest BCUT2D eigenvalue weighted by Crippen LogP contribution is -2.42. The van der Waals surface area contributed by atoms with Crippen LogP contribution >= 0.6 is 0 Å². The normalized spacial score (nSPS) is 16.8. The third kappa shape index (κ3) is 6.16. The highest BCUT2D eigenvalue weighted by molar-refractivity contribution is 4.82. The van der Waals surface area contributed by atoms with Crippen molar-refractivity contribution in [2.24, 2.45) is 5.92 Å². The van der Waals surface area contributed by atoms with Gasteiger partial charge in [0.1, 0.15) is 0 Å². The summed E-state index contributed by atoms with van der Waals surface area (Å²) in [5.41, 5.74) is -0.383. The van der Waals surface area contributed by atoms with Crippen molar-refractivity contribution in [1.29, 1.82) is 0 Å². The van der Waals surface area contributed by atoms with Gasteiger partial charge in [-0.05, 0) is 46.6 Å². The van der Waals surface area contributed by atoms with E-state index in [0.29, 0.717) is 5.92 Å². The Morgan fingerprint density at radius 3 is 1.87 bits per heavy atom. The minimum Gasteiger partial charge on any atom is -0.390 e. The molecule has 0 aliphatic carbocycles. The van der Waals surface area contributed by atoms with Gasteiger partial charge >= 0.3 is 0 Å². The van der Waals surface area contributed by atoms with Crippen molar-refractivity contribution in [2.45, 2.75) is 71.9 Å². The average molecular weight is 215 g/mol. The molecule has 92 valence electrons. The predicted molar refractivity (Wildman–Crippen MR) is 67.1 cm³/mol. The molecule has 0 aromatic rings. The van der Waals surface area contributed by atoms with Gasteiger partial charge in [-0.15, -0.1) is 0 Å². The van der Waals surface area contributed by atoms with Gasteiger partial charge in [0.05, 0.1) is 5.60 Å². The Hall–Kier alpha value is -0.0800. The highest BCUT2D eigenvalue weighted by Gasteiger charge is 2.28. The van der Waals surface area contributed by atoms with Gasteiger partial charge < -0.3 is 10.4 Å². The highest BCUT2D eigenvalue weighted by Crippen LogP contribution is 2.26. The van der Waals surface area contributed by atoms with E-state index >= 15 is 0 Å². The van der Waals surface area contributed by atoms with Gasteiger partial charge in [-0.1, -0.05) is 26.7 Å². The highest BCUT2D eigenvalue weighted by atomic mass is 16.3. The van der Waals surface area contributed by atoms with Crippen LogP contribution in [0.2, 0.25) is 0 Å². The Kier molecular flexibility index (Phi) is 5.82. The Bertz CT molecular complexity index is 166. The second-order valence-electron chi connectivity index (χ2n) is 5.80. The van der Waals surface area contributed by atoms with Crippen LogP contribution in [-0.4, -0.2) is 22.8 Å². The molecule has 2 N–H and O–H groups in total. The van der Waals surface area contributed by atoms with Crippen molar-refractivity contribution in [3.05, 3.63) is 0 Å². The lowest BCUT2D eigenvalue weighted by Gasteiger charge is -2.33. The van der Waals surface area contributed by atoms with Crippen molar-refractivity contribution < 1.29 is 5.11 Å². The van der Waals surface area contributed by atoms with Crippen LogP contribution in [0.25, 0.3) is 0 Å². The second kappa shape index (κ2) is 5.86. The number of rotatable bonds is 6. The van der Waals surface area contributed by atoms with Crippen LogP contribution in [-0.2, 0) is 0 Å². The van der Waals surface area contributed by atoms with Crippen molar-refractivity contribution in [2.75, 3.05) is 6.54 Å². The fourth-order valence-electron chi connectivity index (χ4n) is 2.06. The molecule has 2 heteroatoms. The molecule has 0 spiro atoms. The molecule has 1 unspecified atom stereocenters. The number of aliphatic hydroxyl groups is 1. The van der Waals surface area contributed by atoms with E-state index in [-0.39, 0.29) is 5.54 Å². The first-order valence-electron chi connectivity index (χ1n) is 6.20. The van der Waals surface area contributed by atoms with Gasteiger partial charge in [0, 0.05) is 5.54 Å². The van der Waals surface area contributed by atoms with Crippen LogP contribution in [0, 0.1) is 5.92 Å². The summed E-state index contributed by atoms with van der Waals surface area (Å²) in [6.07, 6.45) is 2.94. The average Bonchev–Trinajstić information content (AvgIpc) is 2.02. The molecule has 0 radical (unpaired) electrons. The summed E-state index contributed by atoms with van der Waals surface area (Å²) in [6, 6.07) is 0. The van der Waals surface area contributed by atoms with Crippen LogP contribution in [0.3, 0.4) is 0 Å². The maximum Gasteiger partial charge on any atom is 0.0659 e. The van der Waals surface area contributed by atoms with Crippen LogP contribution in [0.1, 0.15) is 60.8 Å². The molecular formula is C13H29NO. The van der Waals surface area contributed by atoms with E-state index in [9.17, 15) is 5.11 Å². The van der Waals surface area contributed by atoms with Gasteiger partial charge in [-0.2, -0.15) is 0 Å². The molecule has 0 aliphatic rings. The standard InChI is InChI=1S/C13H29NO/c1-7-11(8-2)13(6,15)9-10-14-12(3,4)5/h11,14-15H,7-10H2,1-6H3. The third-order valence-corrected chi connectivity index (χ3v) is 3.15. The van der Waals surface area contributed by atoms with Gasteiger partial charge in [-0.3, -0.25) is 0 Å². The minimum absolute atomic E-state index is 0.143. The zero-order valence-corrected chi connectivity index (χ0v) is 11.4. The van der Waals surface area contributed by atoms with Gasteiger partial charge in [0.2, 0.25) is 0 Å². The quantitative estimate of drug-likeness (QED) is 0.714. The monoisotopic (exact) mass is 215 g/mol. The van der Waals surface area contributed by atoms with Gasteiger partial charge in [0.25, 0.3) is 0 Å². The summed E-state index contributed by atoms with van der Waals surface area (Å²) in [5, 5.41) is 13.8. The molecular weight excluding hydrogens is 186 g/mol. The summed E-state index contributed by atoms with van der Waals surface area (Å²) < 4.78 is 0. The number of nitrogens with one attached hydrogen (secondary N) is 1. The van der Waals surface area contributed by atoms with Crippen molar-refractivity contribution >= 4 is 0 Å². The molecule has 2 nitrogen and oxygen atoms in total. The molecule has 0 aromatic carbocycles. The van der Waals surface area contributed by atoms with Gasteiger partial charge in [0.15, 0.2) is 0 Å². The van der Waals surface area contributed by atoms with Crippen LogP contribution in [0.5, 0.6) is 0 Å². The lowest BCUT2D eigenvalue weighted by atomic mass is 9.82. The summed E-state index contributed by atoms with van der Waals surface area (Å²) in [7, 11) is 0. The van der Waals surface area contributed by atoms with Crippen molar-refractivity contribution in [3.8, 4) is 0 Å². The van der Waals surface area contributed by atoms with Crippen molar-refractivity contribution in [3.63, 3.8) is 0 Å². The van der Waals surface area contributed by atoms with Crippen LogP contribution in [0.15, 0.2) is 0 Å². The largest absolute Gasteiger partial charge is 0.390 e. The maximum absolute atomic E-state index is 10.3. The number of hydrogen-bond acceptors (Lipinski definition) is 2. The van der Waals surface area contributed by atoms with E-state index in [1.165, 1.54) is 0 Å². The van der Waals surface area contributed by atoms with Crippen LogP contribution in [0.4, 0.5) is 0 Å². The molecule has 0 saturated carbocycles. The molecule has 0 heterocycles. The van der Waals surface area contributed by atoms with E-state index in [0.717, 1.165) is 25.8 Å². The van der Waals surface area contributed by atoms with E-state index in [4.69, 9.17) is 0 Å². The zero-order valence-electron chi connectivity index (χ0n) is 11.4. The first-order chi connectivity index (χ1) is 6.73. The molecule has 0 aliphatic heterocycles. The molecule has 0 aromatic heterocycles. The maximum atomic E-state index is 10.3. The van der Waals surface area contributed by atoms with E-state index < -0.39 is 5.60 Å². The Morgan fingerprint density at radius 1 is 1.07 bits per heavy atom. The summed E-state index contributed by atoms with van der Waals surface area (Å²) >= 11 is 0. The summed E-state index contributed by atoms with van der Waals surface area (Å²) in [4.78, 5) is 0. The SMILES string of the molecule is CCC(CC)C(C)(O)CCNC(C)(C)C. The summed E-state index contributed by atoms with van der Waals surface area (Å²) in [5.74, 6) is 0.416. The first-order valence-corrected chi connectivity index (χ1v) is 6.20. The molecule has 0 rings (SSSR count). The fourth-order valence-corrected chi connectivity index (χ4v) is 2.06. The van der Waals surface area contributed by atoms with Crippen molar-refractivity contribution in [1.82, 2.24) is 5.32 Å². The molecule has 15 heavy (non-hydrogen) atoms. The van der Waals surface area contributed by atoms with E-state index in [1.54, 1.807) is 0 Å². The Balaban J connectivity index is 4.03. The molecule has 0 saturated heterocycles. The van der Waals surface area contributed by atoms with E-state index in [1.807, 2.05) is 6.92 Å². The minimum atomic E-state index is -0.526. The second-order valence-corrected chi connectivity index (χ2v) is 5.80.